The summed E-state index contributed by atoms with van der Waals surface area (Å²) in [5, 5.41) is 14.0. The van der Waals surface area contributed by atoms with E-state index in [1.165, 1.54) is 13.2 Å². The molecule has 1 atom stereocenters. The van der Waals surface area contributed by atoms with Gasteiger partial charge in [-0.2, -0.15) is 4.39 Å². The minimum atomic E-state index is -0.961. The Morgan fingerprint density at radius 3 is 3.00 bits per heavy atom. The fraction of sp³-hybridized carbons (Fsp3) is 0.353. The highest BCUT2D eigenvalue weighted by Crippen LogP contribution is 2.32. The maximum atomic E-state index is 14.0. The summed E-state index contributed by atoms with van der Waals surface area (Å²) >= 11 is 0. The van der Waals surface area contributed by atoms with Crippen molar-refractivity contribution in [1.29, 1.82) is 0 Å². The molecule has 1 aliphatic heterocycles. The van der Waals surface area contributed by atoms with Gasteiger partial charge in [0.1, 0.15) is 17.5 Å². The number of methoxy groups -OCH3 is 1. The fourth-order valence-electron chi connectivity index (χ4n) is 2.61. The zero-order valence-electron chi connectivity index (χ0n) is 14.1. The standard InChI is InChI=1S/C17H18FN3O5/c1-24-13-7-14(18)17(21(22)23)15(8-13)20-9-11-2-4-19-16(6-11)26-12-3-5-25-10-12/h2,4,6-8,12,20H,3,5,9-10H2,1H3. The first-order chi connectivity index (χ1) is 12.6. The molecule has 0 amide bonds. The molecule has 0 aliphatic carbocycles. The lowest BCUT2D eigenvalue weighted by molar-refractivity contribution is -0.386. The number of hydrogen-bond acceptors (Lipinski definition) is 7. The van der Waals surface area contributed by atoms with Gasteiger partial charge in [-0.25, -0.2) is 4.98 Å². The molecule has 1 aromatic carbocycles. The van der Waals surface area contributed by atoms with E-state index in [1.807, 2.05) is 0 Å². The maximum absolute atomic E-state index is 14.0. The lowest BCUT2D eigenvalue weighted by Gasteiger charge is -2.13. The number of nitrogens with zero attached hydrogens (tertiary/aromatic N) is 2. The zero-order valence-corrected chi connectivity index (χ0v) is 14.1. The van der Waals surface area contributed by atoms with Gasteiger partial charge in [0, 0.05) is 37.4 Å². The van der Waals surface area contributed by atoms with Crippen LogP contribution in [-0.4, -0.2) is 36.3 Å². The lowest BCUT2D eigenvalue weighted by atomic mass is 10.2. The number of halogens is 1. The van der Waals surface area contributed by atoms with Crippen LogP contribution in [0.5, 0.6) is 11.6 Å². The molecule has 0 spiro atoms. The van der Waals surface area contributed by atoms with Gasteiger partial charge in [0.15, 0.2) is 0 Å². The van der Waals surface area contributed by atoms with E-state index < -0.39 is 16.4 Å². The molecule has 1 saturated heterocycles. The minimum Gasteiger partial charge on any atom is -0.497 e. The van der Waals surface area contributed by atoms with Crippen LogP contribution in [0.1, 0.15) is 12.0 Å². The van der Waals surface area contributed by atoms with Crippen molar-refractivity contribution < 1.29 is 23.5 Å². The van der Waals surface area contributed by atoms with Crippen molar-refractivity contribution in [1.82, 2.24) is 4.98 Å². The van der Waals surface area contributed by atoms with Crippen LogP contribution < -0.4 is 14.8 Å². The third kappa shape index (κ3) is 4.17. The Kier molecular flexibility index (Phi) is 5.47. The monoisotopic (exact) mass is 363 g/mol. The van der Waals surface area contributed by atoms with Crippen LogP contribution in [-0.2, 0) is 11.3 Å². The average molecular weight is 363 g/mol. The van der Waals surface area contributed by atoms with Crippen LogP contribution >= 0.6 is 0 Å². The summed E-state index contributed by atoms with van der Waals surface area (Å²) in [6.07, 6.45) is 2.36. The number of hydrogen-bond donors (Lipinski definition) is 1. The Balaban J connectivity index is 1.74. The van der Waals surface area contributed by atoms with Crippen molar-refractivity contribution in [3.8, 4) is 11.6 Å². The maximum Gasteiger partial charge on any atom is 0.327 e. The van der Waals surface area contributed by atoms with Gasteiger partial charge in [-0.15, -0.1) is 0 Å². The highest BCUT2D eigenvalue weighted by molar-refractivity contribution is 5.65. The van der Waals surface area contributed by atoms with Crippen LogP contribution in [0.25, 0.3) is 0 Å². The van der Waals surface area contributed by atoms with Gasteiger partial charge < -0.3 is 19.5 Å². The predicted molar refractivity (Wildman–Crippen MR) is 91.0 cm³/mol. The SMILES string of the molecule is COc1cc(F)c([N+](=O)[O-])c(NCc2ccnc(OC3CCOC3)c2)c1. The number of anilines is 1. The highest BCUT2D eigenvalue weighted by atomic mass is 19.1. The van der Waals surface area contributed by atoms with Crippen LogP contribution in [0.4, 0.5) is 15.8 Å². The van der Waals surface area contributed by atoms with Crippen molar-refractivity contribution in [2.45, 2.75) is 19.1 Å². The van der Waals surface area contributed by atoms with Gasteiger partial charge >= 0.3 is 5.69 Å². The molecular formula is C17H18FN3O5. The van der Waals surface area contributed by atoms with Crippen LogP contribution in [0.3, 0.4) is 0 Å². The summed E-state index contributed by atoms with van der Waals surface area (Å²) in [5.41, 5.74) is 0.196. The highest BCUT2D eigenvalue weighted by Gasteiger charge is 2.22. The number of benzene rings is 1. The molecule has 1 aromatic heterocycles. The predicted octanol–water partition coefficient (Wildman–Crippen LogP) is 2.92. The van der Waals surface area contributed by atoms with E-state index in [0.29, 0.717) is 19.1 Å². The molecule has 1 fully saturated rings. The van der Waals surface area contributed by atoms with Gasteiger partial charge in [0.25, 0.3) is 0 Å². The molecule has 1 unspecified atom stereocenters. The van der Waals surface area contributed by atoms with Gasteiger partial charge in [0.05, 0.1) is 25.2 Å². The van der Waals surface area contributed by atoms with Gasteiger partial charge in [-0.3, -0.25) is 10.1 Å². The van der Waals surface area contributed by atoms with Crippen molar-refractivity contribution in [3.63, 3.8) is 0 Å². The Hall–Kier alpha value is -2.94. The number of nitro groups is 1. The molecule has 138 valence electrons. The van der Waals surface area contributed by atoms with E-state index in [0.717, 1.165) is 18.1 Å². The van der Waals surface area contributed by atoms with E-state index in [1.54, 1.807) is 18.3 Å². The summed E-state index contributed by atoms with van der Waals surface area (Å²) in [4.78, 5) is 14.5. The number of ether oxygens (including phenoxy) is 3. The molecule has 0 bridgehead atoms. The molecular weight excluding hydrogens is 345 g/mol. The molecule has 0 saturated carbocycles. The number of nitro benzene ring substituents is 1. The van der Waals surface area contributed by atoms with Gasteiger partial charge in [0.2, 0.25) is 11.7 Å². The van der Waals surface area contributed by atoms with Crippen molar-refractivity contribution >= 4 is 11.4 Å². The van der Waals surface area contributed by atoms with E-state index in [4.69, 9.17) is 14.2 Å². The molecule has 3 rings (SSSR count). The second-order valence-corrected chi connectivity index (χ2v) is 5.72. The molecule has 9 heteroatoms. The molecule has 1 N–H and O–H groups in total. The Bertz CT molecular complexity index is 796. The number of pyridine rings is 1. The third-order valence-corrected chi connectivity index (χ3v) is 3.91. The van der Waals surface area contributed by atoms with Gasteiger partial charge in [-0.1, -0.05) is 0 Å². The fourth-order valence-corrected chi connectivity index (χ4v) is 2.61. The Morgan fingerprint density at radius 2 is 2.31 bits per heavy atom. The first-order valence-corrected chi connectivity index (χ1v) is 8.02. The summed E-state index contributed by atoms with van der Waals surface area (Å²) in [6.45, 7) is 1.42. The molecule has 8 nitrogen and oxygen atoms in total. The quantitative estimate of drug-likeness (QED) is 0.597. The van der Waals surface area contributed by atoms with Crippen LogP contribution in [0.15, 0.2) is 30.5 Å². The van der Waals surface area contributed by atoms with E-state index in [2.05, 4.69) is 10.3 Å². The van der Waals surface area contributed by atoms with E-state index in [9.17, 15) is 14.5 Å². The molecule has 2 aromatic rings. The Labute approximate surface area is 149 Å². The number of rotatable bonds is 7. The first-order valence-electron chi connectivity index (χ1n) is 8.02. The molecule has 1 aliphatic rings. The Morgan fingerprint density at radius 1 is 1.46 bits per heavy atom. The van der Waals surface area contributed by atoms with E-state index in [-0.39, 0.29) is 24.1 Å². The van der Waals surface area contributed by atoms with Gasteiger partial charge in [-0.05, 0) is 11.6 Å². The van der Waals surface area contributed by atoms with Crippen molar-refractivity contribution in [2.75, 3.05) is 25.6 Å². The summed E-state index contributed by atoms with van der Waals surface area (Å²) in [7, 11) is 1.36. The minimum absolute atomic E-state index is 0.0284. The van der Waals surface area contributed by atoms with Crippen molar-refractivity contribution in [3.05, 3.63) is 52.0 Å². The van der Waals surface area contributed by atoms with Crippen LogP contribution in [0, 0.1) is 15.9 Å². The summed E-state index contributed by atoms with van der Waals surface area (Å²) in [5.74, 6) is -0.321. The molecule has 26 heavy (non-hydrogen) atoms. The normalized spacial score (nSPS) is 16.3. The summed E-state index contributed by atoms with van der Waals surface area (Å²) in [6, 6.07) is 5.84. The number of aromatic nitrogens is 1. The largest absolute Gasteiger partial charge is 0.497 e. The second kappa shape index (κ2) is 7.96. The molecule has 0 radical (unpaired) electrons. The molecule has 2 heterocycles. The third-order valence-electron chi connectivity index (χ3n) is 3.91. The zero-order chi connectivity index (χ0) is 18.5. The average Bonchev–Trinajstić information content (AvgIpc) is 3.12. The second-order valence-electron chi connectivity index (χ2n) is 5.72. The van der Waals surface area contributed by atoms with Crippen LogP contribution in [0.2, 0.25) is 0 Å². The smallest absolute Gasteiger partial charge is 0.327 e. The van der Waals surface area contributed by atoms with Crippen molar-refractivity contribution in [2.24, 2.45) is 0 Å². The lowest BCUT2D eigenvalue weighted by Crippen LogP contribution is -2.16. The first kappa shape index (κ1) is 17.9. The summed E-state index contributed by atoms with van der Waals surface area (Å²) < 4.78 is 29.9. The van der Waals surface area contributed by atoms with E-state index >= 15 is 0 Å². The topological polar surface area (TPSA) is 95.8 Å². The number of nitrogens with one attached hydrogen (secondary N) is 1.